The first-order chi connectivity index (χ1) is 15.3. The smallest absolute Gasteiger partial charge is 0.213 e. The summed E-state index contributed by atoms with van der Waals surface area (Å²) >= 11 is 0. The number of aliphatic imine (C=N–C) groups is 1. The lowest BCUT2D eigenvalue weighted by atomic mass is 10.2. The van der Waals surface area contributed by atoms with E-state index in [-0.39, 0.29) is 0 Å². The maximum Gasteiger partial charge on any atom is 0.213 e. The van der Waals surface area contributed by atoms with Crippen molar-refractivity contribution in [2.24, 2.45) is 4.99 Å². The monoisotopic (exact) mass is 455 g/mol. The SMILES string of the molecule is C=C(OC(C)=NC)N1CCN(C)CC1.CC.CC.CCCCCCC.Cc1nnc(C)o1. The summed E-state index contributed by atoms with van der Waals surface area (Å²) in [6, 6.07) is 0. The average Bonchev–Trinajstić information content (AvgIpc) is 3.20. The van der Waals surface area contributed by atoms with Crippen LogP contribution in [-0.2, 0) is 4.74 Å². The molecular formula is C25H53N5O2. The summed E-state index contributed by atoms with van der Waals surface area (Å²) in [4.78, 5) is 8.38. The van der Waals surface area contributed by atoms with Crippen LogP contribution in [0.15, 0.2) is 21.9 Å². The molecule has 1 aliphatic rings. The van der Waals surface area contributed by atoms with Gasteiger partial charge in [-0.3, -0.25) is 4.99 Å². The molecule has 1 aromatic rings. The highest BCUT2D eigenvalue weighted by molar-refractivity contribution is 5.73. The van der Waals surface area contributed by atoms with Gasteiger partial charge < -0.3 is 19.0 Å². The molecule has 190 valence electrons. The van der Waals surface area contributed by atoms with Crippen molar-refractivity contribution in [2.45, 2.75) is 94.4 Å². The fourth-order valence-corrected chi connectivity index (χ4v) is 2.41. The van der Waals surface area contributed by atoms with Crippen LogP contribution in [0.1, 0.15) is 92.4 Å². The molecule has 1 saturated heterocycles. The number of rotatable bonds is 6. The van der Waals surface area contributed by atoms with Crippen molar-refractivity contribution in [1.29, 1.82) is 0 Å². The Hall–Kier alpha value is -1.89. The average molecular weight is 456 g/mol. The zero-order valence-electron chi connectivity index (χ0n) is 23.1. The van der Waals surface area contributed by atoms with Crippen LogP contribution in [0.25, 0.3) is 0 Å². The molecule has 0 N–H and O–H groups in total. The van der Waals surface area contributed by atoms with E-state index in [0.717, 1.165) is 26.2 Å². The van der Waals surface area contributed by atoms with Gasteiger partial charge in [0.2, 0.25) is 11.8 Å². The van der Waals surface area contributed by atoms with Crippen LogP contribution in [0.2, 0.25) is 0 Å². The topological polar surface area (TPSA) is 67.0 Å². The number of piperazine rings is 1. The molecule has 0 spiro atoms. The molecule has 0 aliphatic carbocycles. The fraction of sp³-hybridized carbons (Fsp3) is 0.800. The number of hydrogen-bond donors (Lipinski definition) is 0. The maximum absolute atomic E-state index is 5.44. The number of aromatic nitrogens is 2. The summed E-state index contributed by atoms with van der Waals surface area (Å²) < 4.78 is 10.3. The van der Waals surface area contributed by atoms with E-state index in [1.165, 1.54) is 32.1 Å². The predicted molar refractivity (Wildman–Crippen MR) is 139 cm³/mol. The molecule has 1 aromatic heterocycles. The van der Waals surface area contributed by atoms with Crippen molar-refractivity contribution in [3.05, 3.63) is 24.2 Å². The molecule has 2 rings (SSSR count). The molecule has 0 bridgehead atoms. The zero-order valence-corrected chi connectivity index (χ0v) is 23.1. The Morgan fingerprint density at radius 2 is 1.38 bits per heavy atom. The third-order valence-electron chi connectivity index (χ3n) is 4.27. The Labute approximate surface area is 199 Å². The second-order valence-corrected chi connectivity index (χ2v) is 6.93. The third kappa shape index (κ3) is 21.3. The lowest BCUT2D eigenvalue weighted by Gasteiger charge is -2.34. The normalized spacial score (nSPS) is 13.1. The second-order valence-electron chi connectivity index (χ2n) is 6.93. The number of aryl methyl sites for hydroxylation is 2. The van der Waals surface area contributed by atoms with Crippen LogP contribution in [-0.4, -0.2) is 66.2 Å². The van der Waals surface area contributed by atoms with E-state index in [1.807, 2.05) is 34.6 Å². The minimum Gasteiger partial charge on any atom is -0.428 e. The lowest BCUT2D eigenvalue weighted by Crippen LogP contribution is -2.44. The van der Waals surface area contributed by atoms with Gasteiger partial charge in [-0.25, -0.2) is 0 Å². The van der Waals surface area contributed by atoms with Gasteiger partial charge >= 0.3 is 0 Å². The summed E-state index contributed by atoms with van der Waals surface area (Å²) in [5.74, 6) is 2.62. The Bertz CT molecular complexity index is 530. The van der Waals surface area contributed by atoms with Gasteiger partial charge in [0.25, 0.3) is 0 Å². The molecule has 0 unspecified atom stereocenters. The Morgan fingerprint density at radius 3 is 1.69 bits per heavy atom. The molecule has 1 aliphatic heterocycles. The summed E-state index contributed by atoms with van der Waals surface area (Å²) in [5, 5.41) is 7.20. The van der Waals surface area contributed by atoms with Crippen LogP contribution in [0.5, 0.6) is 0 Å². The van der Waals surface area contributed by atoms with Crippen LogP contribution in [0, 0.1) is 13.8 Å². The second kappa shape index (κ2) is 25.4. The Morgan fingerprint density at radius 1 is 0.938 bits per heavy atom. The van der Waals surface area contributed by atoms with Crippen molar-refractivity contribution in [1.82, 2.24) is 20.0 Å². The van der Waals surface area contributed by atoms with E-state index in [9.17, 15) is 0 Å². The third-order valence-corrected chi connectivity index (χ3v) is 4.27. The minimum absolute atomic E-state index is 0.623. The molecule has 0 aromatic carbocycles. The maximum atomic E-state index is 5.44. The molecule has 7 heteroatoms. The molecule has 0 radical (unpaired) electrons. The molecule has 7 nitrogen and oxygen atoms in total. The Kier molecular flexibility index (Phi) is 27.5. The van der Waals surface area contributed by atoms with E-state index < -0.39 is 0 Å². The molecular weight excluding hydrogens is 402 g/mol. The number of ether oxygens (including phenoxy) is 1. The molecule has 32 heavy (non-hydrogen) atoms. The number of likely N-dealkylation sites (N-methyl/N-ethyl adjacent to an activating group) is 1. The minimum atomic E-state index is 0.623. The van der Waals surface area contributed by atoms with Gasteiger partial charge in [-0.15, -0.1) is 10.2 Å². The number of hydrogen-bond acceptors (Lipinski definition) is 7. The first kappa shape index (κ1) is 34.7. The van der Waals surface area contributed by atoms with Crippen molar-refractivity contribution >= 4 is 5.90 Å². The van der Waals surface area contributed by atoms with Gasteiger partial charge in [0.1, 0.15) is 0 Å². The van der Waals surface area contributed by atoms with E-state index in [0.29, 0.717) is 23.6 Å². The quantitative estimate of drug-likeness (QED) is 0.211. The van der Waals surface area contributed by atoms with Gasteiger partial charge in [-0.05, 0) is 13.6 Å². The number of nitrogens with zero attached hydrogens (tertiary/aromatic N) is 5. The van der Waals surface area contributed by atoms with Crippen LogP contribution in [0.3, 0.4) is 0 Å². The molecule has 1 fully saturated rings. The van der Waals surface area contributed by atoms with E-state index in [4.69, 9.17) is 9.15 Å². The fourth-order valence-electron chi connectivity index (χ4n) is 2.41. The van der Waals surface area contributed by atoms with Crippen LogP contribution >= 0.6 is 0 Å². The van der Waals surface area contributed by atoms with Crippen molar-refractivity contribution < 1.29 is 9.15 Å². The molecule has 0 amide bonds. The van der Waals surface area contributed by atoms with Gasteiger partial charge in [0, 0.05) is 54.0 Å². The highest BCUT2D eigenvalue weighted by Gasteiger charge is 2.16. The standard InChI is InChI=1S/C10H19N3O.C7H16.C4H6N2O.2C2H6/c1-9(11-3)14-10(2)13-7-5-12(4)6-8-13;1-3-5-7-6-4-2;1-3-5-6-4(2)7-3;2*1-2/h2,5-8H2,1,3-4H3;3-7H2,1-2H3;1-2H3;2*1-2H3. The van der Waals surface area contributed by atoms with Crippen molar-refractivity contribution in [3.8, 4) is 0 Å². The van der Waals surface area contributed by atoms with Crippen LogP contribution < -0.4 is 0 Å². The first-order valence-electron chi connectivity index (χ1n) is 12.3. The van der Waals surface area contributed by atoms with E-state index in [2.05, 4.69) is 52.5 Å². The number of unbranched alkanes of at least 4 members (excludes halogenated alkanes) is 4. The summed E-state index contributed by atoms with van der Waals surface area (Å²) in [5.41, 5.74) is 0. The van der Waals surface area contributed by atoms with Crippen molar-refractivity contribution in [3.63, 3.8) is 0 Å². The predicted octanol–water partition coefficient (Wildman–Crippen LogP) is 6.49. The Balaban J connectivity index is -0.000000396. The van der Waals surface area contributed by atoms with Crippen molar-refractivity contribution in [2.75, 3.05) is 40.3 Å². The highest BCUT2D eigenvalue weighted by Crippen LogP contribution is 2.08. The summed E-state index contributed by atoms with van der Waals surface area (Å²) in [6.07, 6.45) is 7.01. The first-order valence-corrected chi connectivity index (χ1v) is 12.3. The molecule has 0 atom stereocenters. The van der Waals surface area contributed by atoms with E-state index >= 15 is 0 Å². The molecule has 2 heterocycles. The lowest BCUT2D eigenvalue weighted by molar-refractivity contribution is 0.133. The zero-order chi connectivity index (χ0) is 25.4. The highest BCUT2D eigenvalue weighted by atomic mass is 16.5. The van der Waals surface area contributed by atoms with Crippen LogP contribution in [0.4, 0.5) is 0 Å². The van der Waals surface area contributed by atoms with Gasteiger partial charge in [-0.2, -0.15) is 0 Å². The van der Waals surface area contributed by atoms with E-state index in [1.54, 1.807) is 20.9 Å². The van der Waals surface area contributed by atoms with Gasteiger partial charge in [0.15, 0.2) is 11.8 Å². The van der Waals surface area contributed by atoms with Gasteiger partial charge in [0.05, 0.1) is 0 Å². The summed E-state index contributed by atoms with van der Waals surface area (Å²) in [7, 11) is 3.84. The molecule has 0 saturated carbocycles. The largest absolute Gasteiger partial charge is 0.428 e. The van der Waals surface area contributed by atoms with Gasteiger partial charge in [-0.1, -0.05) is 73.6 Å². The summed E-state index contributed by atoms with van der Waals surface area (Å²) in [6.45, 7) is 25.8.